The number of rotatable bonds is 2. The molecule has 4 aromatic heterocycles. The topological polar surface area (TPSA) is 292 Å². The Hall–Kier alpha value is -3.67. The molecule has 4 aromatic rings. The van der Waals surface area contributed by atoms with Gasteiger partial charge in [0.15, 0.2) is 35.0 Å². The lowest BCUT2D eigenvalue weighted by molar-refractivity contribution is -0.235. The highest BCUT2D eigenvalue weighted by atomic mass is 32.2. The number of aromatic nitrogens is 8. The van der Waals surface area contributed by atoms with E-state index in [2.05, 4.69) is 34.6 Å². The number of nitrogens with zero attached hydrogens (tertiary/aromatic N) is 7. The van der Waals surface area contributed by atoms with E-state index >= 15 is 4.39 Å². The fourth-order valence-electron chi connectivity index (χ4n) is 5.27. The molecule has 0 saturated carbocycles. The van der Waals surface area contributed by atoms with Gasteiger partial charge in [0.05, 0.1) is 19.3 Å². The van der Waals surface area contributed by atoms with E-state index in [4.69, 9.17) is 34.2 Å². The number of fused-ring (bicyclic) bond motifs is 4. The fourth-order valence-corrected chi connectivity index (χ4v) is 7.17. The largest absolute Gasteiger partial charge is 0.756 e. The highest BCUT2D eigenvalue weighted by molar-refractivity contribution is 7.84. The Morgan fingerprint density at radius 1 is 1.05 bits per heavy atom. The normalized spacial score (nSPS) is 34.4. The number of nitrogen functional groups attached to an aromatic ring is 2. The van der Waals surface area contributed by atoms with Crippen molar-refractivity contribution in [2.24, 2.45) is 0 Å². The molecule has 0 radical (unpaired) electrons. The average molecular weight is 659 g/mol. The highest BCUT2D eigenvalue weighted by Crippen LogP contribution is 2.47. The van der Waals surface area contributed by atoms with Crippen LogP contribution in [0, 0.1) is 0 Å². The van der Waals surface area contributed by atoms with E-state index in [-0.39, 0.29) is 40.5 Å². The van der Waals surface area contributed by atoms with Gasteiger partial charge in [-0.15, -0.1) is 0 Å². The average Bonchev–Trinajstić information content (AvgIpc) is 3.72. The lowest BCUT2D eigenvalue weighted by Gasteiger charge is -2.31. The SMILES string of the molecule is Nc1nc2c(ncn2[C@H]2C[C@@H]3OS(=O)(=O)NC[C@H]4O[C@@H](n5cnc6c(N)ncnc65)[C@H](F)[C@@H]4OP(=O)([O-])OC[C@H]3O2)c(=O)[nH]1. The van der Waals surface area contributed by atoms with Gasteiger partial charge < -0.3 is 34.9 Å². The van der Waals surface area contributed by atoms with Gasteiger partial charge in [0.1, 0.15) is 42.5 Å². The van der Waals surface area contributed by atoms with Crippen molar-refractivity contribution in [3.63, 3.8) is 0 Å². The van der Waals surface area contributed by atoms with E-state index in [1.165, 1.54) is 17.2 Å². The Balaban J connectivity index is 1.15. The first-order chi connectivity index (χ1) is 20.9. The third-order valence-corrected chi connectivity index (χ3v) is 9.22. The Kier molecular flexibility index (Phi) is 6.91. The van der Waals surface area contributed by atoms with Crippen LogP contribution in [0.5, 0.6) is 0 Å². The highest BCUT2D eigenvalue weighted by Gasteiger charge is 2.50. The minimum absolute atomic E-state index is 0.0116. The number of phosphoric ester groups is 1. The number of H-pyrrole nitrogens is 1. The number of nitrogens with one attached hydrogen (secondary N) is 2. The predicted molar refractivity (Wildman–Crippen MR) is 140 cm³/mol. The molecule has 3 fully saturated rings. The predicted octanol–water partition coefficient (Wildman–Crippen LogP) is -2.25. The van der Waals surface area contributed by atoms with E-state index in [1.54, 1.807) is 0 Å². The monoisotopic (exact) mass is 658 g/mol. The van der Waals surface area contributed by atoms with E-state index < -0.39 is 79.9 Å². The lowest BCUT2D eigenvalue weighted by atomic mass is 10.1. The second-order valence-electron chi connectivity index (χ2n) is 9.98. The molecule has 0 aromatic carbocycles. The quantitative estimate of drug-likeness (QED) is 0.165. The molecule has 0 amide bonds. The molecule has 7 heterocycles. The van der Waals surface area contributed by atoms with Gasteiger partial charge in [-0.05, 0) is 0 Å². The molecule has 44 heavy (non-hydrogen) atoms. The summed E-state index contributed by atoms with van der Waals surface area (Å²) in [4.78, 5) is 47.3. The number of imidazole rings is 2. The molecule has 3 aliphatic rings. The van der Waals surface area contributed by atoms with E-state index in [0.717, 1.165) is 10.9 Å². The molecule has 3 aliphatic heterocycles. The van der Waals surface area contributed by atoms with Gasteiger partial charge in [0.2, 0.25) is 5.95 Å². The molecular formula is C20H22FN11O10PS-. The van der Waals surface area contributed by atoms with Crippen molar-refractivity contribution in [1.29, 1.82) is 0 Å². The minimum Gasteiger partial charge on any atom is -0.756 e. The number of phosphoric acid groups is 1. The van der Waals surface area contributed by atoms with Crippen molar-refractivity contribution < 1.29 is 45.0 Å². The summed E-state index contributed by atoms with van der Waals surface area (Å²) < 4.78 is 86.2. The summed E-state index contributed by atoms with van der Waals surface area (Å²) in [5.41, 5.74) is 11.0. The third kappa shape index (κ3) is 5.10. The maximum Gasteiger partial charge on any atom is 0.336 e. The van der Waals surface area contributed by atoms with Crippen LogP contribution in [0.4, 0.5) is 16.2 Å². The van der Waals surface area contributed by atoms with Crippen LogP contribution in [0.25, 0.3) is 22.3 Å². The van der Waals surface area contributed by atoms with Crippen LogP contribution in [-0.2, 0) is 37.6 Å². The van der Waals surface area contributed by atoms with Crippen molar-refractivity contribution in [3.8, 4) is 0 Å². The summed E-state index contributed by atoms with van der Waals surface area (Å²) in [7, 11) is -9.84. The standard InChI is InChI=1S/C20H23FN11O10PS/c21-11-14-8(40-19(11)32-6-26-12-15(22)24-4-25-16(12)32)2-28-44(36,37)42-7-1-10(39-9(7)3-38-43(34,35)41-14)31-5-27-13-17(31)29-20(23)30-18(13)33/h4-11,14,19,28H,1-3H2,(H,34,35)(H2,22,24,25)(H3,23,29,30,33)/p-1/t7-,8+,9+,10+,11+,14+,19+/m0/s1. The molecule has 8 atom stereocenters. The van der Waals surface area contributed by atoms with Crippen molar-refractivity contribution in [1.82, 2.24) is 43.8 Å². The first kappa shape index (κ1) is 29.1. The zero-order valence-corrected chi connectivity index (χ0v) is 23.7. The van der Waals surface area contributed by atoms with Crippen molar-refractivity contribution in [3.05, 3.63) is 29.3 Å². The molecule has 1 unspecified atom stereocenters. The van der Waals surface area contributed by atoms with Crippen LogP contribution in [0.2, 0.25) is 0 Å². The molecule has 3 saturated heterocycles. The Labute approximate surface area is 244 Å². The number of aromatic amines is 1. The first-order valence-corrected chi connectivity index (χ1v) is 15.7. The van der Waals surface area contributed by atoms with Gasteiger partial charge in [-0.1, -0.05) is 0 Å². The minimum atomic E-state index is -5.27. The maximum absolute atomic E-state index is 15.8. The van der Waals surface area contributed by atoms with Crippen LogP contribution < -0.4 is 26.6 Å². The van der Waals surface area contributed by atoms with Crippen molar-refractivity contribution in [2.45, 2.75) is 49.5 Å². The molecule has 236 valence electrons. The lowest BCUT2D eigenvalue weighted by Crippen LogP contribution is -2.44. The van der Waals surface area contributed by atoms with Gasteiger partial charge in [-0.25, -0.2) is 24.3 Å². The van der Waals surface area contributed by atoms with Crippen LogP contribution >= 0.6 is 7.82 Å². The fraction of sp³-hybridized carbons (Fsp3) is 0.500. The molecule has 6 N–H and O–H groups in total. The summed E-state index contributed by atoms with van der Waals surface area (Å²) in [6.07, 6.45) is -7.34. The number of halogens is 1. The first-order valence-electron chi connectivity index (χ1n) is 12.8. The molecule has 0 bridgehead atoms. The number of ether oxygens (including phenoxy) is 2. The third-order valence-electron chi connectivity index (χ3n) is 7.23. The number of anilines is 2. The van der Waals surface area contributed by atoms with Crippen LogP contribution in [-0.4, -0.2) is 91.2 Å². The molecule has 0 spiro atoms. The van der Waals surface area contributed by atoms with E-state index in [1.807, 2.05) is 0 Å². The Morgan fingerprint density at radius 3 is 2.64 bits per heavy atom. The summed E-state index contributed by atoms with van der Waals surface area (Å²) in [5, 5.41) is 0. The molecule has 0 aliphatic carbocycles. The number of hydrogen-bond acceptors (Lipinski definition) is 17. The Morgan fingerprint density at radius 2 is 1.82 bits per heavy atom. The van der Waals surface area contributed by atoms with Crippen LogP contribution in [0.3, 0.4) is 0 Å². The summed E-state index contributed by atoms with van der Waals surface area (Å²) in [6.45, 7) is -1.44. The van der Waals surface area contributed by atoms with Gasteiger partial charge in [-0.2, -0.15) is 18.1 Å². The Bertz CT molecular complexity index is 1970. The number of hydrogen-bond donors (Lipinski definition) is 4. The smallest absolute Gasteiger partial charge is 0.336 e. The zero-order chi connectivity index (χ0) is 31.0. The van der Waals surface area contributed by atoms with Gasteiger partial charge >= 0.3 is 10.3 Å². The van der Waals surface area contributed by atoms with Gasteiger partial charge in [0.25, 0.3) is 13.4 Å². The molecular weight excluding hydrogens is 636 g/mol. The second kappa shape index (κ2) is 10.5. The van der Waals surface area contributed by atoms with E-state index in [9.17, 15) is 22.7 Å². The summed E-state index contributed by atoms with van der Waals surface area (Å²) >= 11 is 0. The maximum atomic E-state index is 15.8. The van der Waals surface area contributed by atoms with Crippen LogP contribution in [0.15, 0.2) is 23.8 Å². The summed E-state index contributed by atoms with van der Waals surface area (Å²) in [6, 6.07) is 0. The number of nitrogens with two attached hydrogens (primary N) is 2. The van der Waals surface area contributed by atoms with Gasteiger partial charge in [0, 0.05) is 13.0 Å². The molecule has 24 heteroatoms. The van der Waals surface area contributed by atoms with Crippen molar-refractivity contribution >= 4 is 52.2 Å². The second-order valence-corrected chi connectivity index (χ2v) is 12.7. The zero-order valence-electron chi connectivity index (χ0n) is 22.0. The summed E-state index contributed by atoms with van der Waals surface area (Å²) in [5.74, 6) is -0.193. The van der Waals surface area contributed by atoms with Gasteiger partial charge in [-0.3, -0.25) is 27.7 Å². The molecule has 21 nitrogen and oxygen atoms in total. The molecule has 7 rings (SSSR count). The van der Waals surface area contributed by atoms with Crippen molar-refractivity contribution in [2.75, 3.05) is 24.6 Å². The van der Waals surface area contributed by atoms with Crippen LogP contribution in [0.1, 0.15) is 18.9 Å². The van der Waals surface area contributed by atoms with E-state index in [0.29, 0.717) is 0 Å². The number of alkyl halides is 1.